The molecule has 1 aliphatic rings. The number of halogens is 3. The number of ether oxygens (including phenoxy) is 2. The highest BCUT2D eigenvalue weighted by Crippen LogP contribution is 2.29. The van der Waals surface area contributed by atoms with Crippen LogP contribution in [0.15, 0.2) is 6.20 Å². The van der Waals surface area contributed by atoms with Gasteiger partial charge in [0, 0.05) is 13.0 Å². The summed E-state index contributed by atoms with van der Waals surface area (Å²) in [6.45, 7) is 1.31. The van der Waals surface area contributed by atoms with E-state index in [0.717, 1.165) is 0 Å². The molecule has 150 valence electrons. The Balaban J connectivity index is 1.98. The second-order valence-electron chi connectivity index (χ2n) is 5.86. The fourth-order valence-electron chi connectivity index (χ4n) is 2.43. The molecule has 0 bridgehead atoms. The number of carbonyl (C=O) groups is 2. The molecule has 3 atom stereocenters. The summed E-state index contributed by atoms with van der Waals surface area (Å²) >= 11 is 0. The Morgan fingerprint density at radius 3 is 2.74 bits per heavy atom. The fraction of sp³-hybridized carbons (Fsp3) is 0.600. The summed E-state index contributed by atoms with van der Waals surface area (Å²) < 4.78 is 48.7. The number of hydrogen-bond donors (Lipinski definition) is 3. The molecule has 0 spiro atoms. The molecule has 27 heavy (non-hydrogen) atoms. The molecule has 2 heterocycles. The van der Waals surface area contributed by atoms with Gasteiger partial charge in [-0.1, -0.05) is 0 Å². The van der Waals surface area contributed by atoms with Crippen LogP contribution in [0.2, 0.25) is 0 Å². The highest BCUT2D eigenvalue weighted by atomic mass is 19.4. The van der Waals surface area contributed by atoms with Crippen molar-refractivity contribution in [3.05, 3.63) is 17.6 Å². The Kier molecular flexibility index (Phi) is 6.54. The van der Waals surface area contributed by atoms with Crippen LogP contribution in [0.5, 0.6) is 5.88 Å². The van der Waals surface area contributed by atoms with E-state index in [1.807, 2.05) is 0 Å². The molecule has 9 nitrogen and oxygen atoms in total. The van der Waals surface area contributed by atoms with Gasteiger partial charge in [-0.25, -0.2) is 9.97 Å². The molecular formula is C15H18F3N3O6. The SMILES string of the molecule is Cc1nc(C(F)(F)F)cnc1O[C@@H]1CCO[C@H](CNC(=O)CC(=O)O)[C@@H]1O. The first-order valence-electron chi connectivity index (χ1n) is 7.93. The van der Waals surface area contributed by atoms with Crippen molar-refractivity contribution in [2.24, 2.45) is 0 Å². The Morgan fingerprint density at radius 1 is 1.44 bits per heavy atom. The minimum absolute atomic E-state index is 0.0881. The monoisotopic (exact) mass is 393 g/mol. The number of aliphatic carboxylic acids is 1. The largest absolute Gasteiger partial charge is 0.481 e. The van der Waals surface area contributed by atoms with E-state index in [-0.39, 0.29) is 31.1 Å². The van der Waals surface area contributed by atoms with Crippen molar-refractivity contribution >= 4 is 11.9 Å². The molecule has 0 saturated carbocycles. The Labute approximate surface area is 151 Å². The molecule has 12 heteroatoms. The maximum absolute atomic E-state index is 12.6. The number of amides is 1. The number of aliphatic hydroxyl groups is 1. The summed E-state index contributed by atoms with van der Waals surface area (Å²) in [4.78, 5) is 28.8. The number of aryl methyl sites for hydroxylation is 1. The molecule has 0 aromatic carbocycles. The second kappa shape index (κ2) is 8.48. The van der Waals surface area contributed by atoms with Crippen molar-refractivity contribution in [2.75, 3.05) is 13.2 Å². The van der Waals surface area contributed by atoms with Crippen LogP contribution in [-0.2, 0) is 20.5 Å². The van der Waals surface area contributed by atoms with Crippen molar-refractivity contribution in [1.82, 2.24) is 15.3 Å². The quantitative estimate of drug-likeness (QED) is 0.588. The van der Waals surface area contributed by atoms with Gasteiger partial charge >= 0.3 is 12.1 Å². The third kappa shape index (κ3) is 5.76. The summed E-state index contributed by atoms with van der Waals surface area (Å²) in [5, 5.41) is 21.2. The van der Waals surface area contributed by atoms with E-state index < -0.39 is 48.5 Å². The van der Waals surface area contributed by atoms with Crippen LogP contribution < -0.4 is 10.1 Å². The van der Waals surface area contributed by atoms with E-state index in [0.29, 0.717) is 6.20 Å². The number of carboxylic acid groups (broad SMARTS) is 1. The van der Waals surface area contributed by atoms with Gasteiger partial charge in [-0.3, -0.25) is 9.59 Å². The Morgan fingerprint density at radius 2 is 2.15 bits per heavy atom. The van der Waals surface area contributed by atoms with Crippen LogP contribution in [0, 0.1) is 6.92 Å². The molecule has 0 radical (unpaired) electrons. The lowest BCUT2D eigenvalue weighted by Crippen LogP contribution is -2.52. The van der Waals surface area contributed by atoms with Gasteiger partial charge < -0.3 is 25.0 Å². The van der Waals surface area contributed by atoms with Gasteiger partial charge in [0.05, 0.1) is 12.8 Å². The van der Waals surface area contributed by atoms with E-state index in [1.54, 1.807) is 0 Å². The molecule has 1 saturated heterocycles. The zero-order valence-corrected chi connectivity index (χ0v) is 14.2. The average Bonchev–Trinajstić information content (AvgIpc) is 2.55. The van der Waals surface area contributed by atoms with Crippen molar-refractivity contribution in [3.8, 4) is 5.88 Å². The number of carboxylic acids is 1. The van der Waals surface area contributed by atoms with Gasteiger partial charge in [0.2, 0.25) is 11.8 Å². The van der Waals surface area contributed by atoms with Crippen molar-refractivity contribution < 1.29 is 42.4 Å². The molecule has 1 aliphatic heterocycles. The molecule has 1 fully saturated rings. The van der Waals surface area contributed by atoms with Gasteiger partial charge in [-0.2, -0.15) is 13.2 Å². The van der Waals surface area contributed by atoms with Crippen LogP contribution in [0.4, 0.5) is 13.2 Å². The summed E-state index contributed by atoms with van der Waals surface area (Å²) in [5.41, 5.74) is -1.24. The maximum Gasteiger partial charge on any atom is 0.434 e. The Hall–Kier alpha value is -2.47. The minimum atomic E-state index is -4.63. The van der Waals surface area contributed by atoms with Crippen molar-refractivity contribution in [3.63, 3.8) is 0 Å². The zero-order valence-electron chi connectivity index (χ0n) is 14.2. The van der Waals surface area contributed by atoms with E-state index in [9.17, 15) is 27.9 Å². The average molecular weight is 393 g/mol. The first-order valence-corrected chi connectivity index (χ1v) is 7.93. The third-order valence-corrected chi connectivity index (χ3v) is 3.76. The number of alkyl halides is 3. The molecule has 1 aromatic heterocycles. The molecule has 3 N–H and O–H groups in total. The summed E-state index contributed by atoms with van der Waals surface area (Å²) in [6.07, 6.45) is -7.50. The summed E-state index contributed by atoms with van der Waals surface area (Å²) in [6, 6.07) is 0. The molecule has 2 rings (SSSR count). The van der Waals surface area contributed by atoms with E-state index in [2.05, 4.69) is 15.3 Å². The number of aromatic nitrogens is 2. The number of rotatable bonds is 6. The van der Waals surface area contributed by atoms with Crippen LogP contribution in [0.1, 0.15) is 24.2 Å². The predicted molar refractivity (Wildman–Crippen MR) is 81.8 cm³/mol. The predicted octanol–water partition coefficient (Wildman–Crippen LogP) is 0.292. The number of nitrogens with zero attached hydrogens (tertiary/aromatic N) is 2. The summed E-state index contributed by atoms with van der Waals surface area (Å²) in [5.74, 6) is -2.19. The lowest BCUT2D eigenvalue weighted by Gasteiger charge is -2.34. The fourth-order valence-corrected chi connectivity index (χ4v) is 2.43. The van der Waals surface area contributed by atoms with Crippen LogP contribution >= 0.6 is 0 Å². The second-order valence-corrected chi connectivity index (χ2v) is 5.86. The van der Waals surface area contributed by atoms with Gasteiger partial charge in [-0.15, -0.1) is 0 Å². The third-order valence-electron chi connectivity index (χ3n) is 3.76. The van der Waals surface area contributed by atoms with E-state index in [1.165, 1.54) is 6.92 Å². The molecule has 1 amide bonds. The smallest absolute Gasteiger partial charge is 0.434 e. The first-order chi connectivity index (χ1) is 12.6. The van der Waals surface area contributed by atoms with Gasteiger partial charge in [0.1, 0.15) is 30.4 Å². The van der Waals surface area contributed by atoms with E-state index in [4.69, 9.17) is 14.6 Å². The van der Waals surface area contributed by atoms with E-state index >= 15 is 0 Å². The standard InChI is InChI=1S/C15H18F3N3O6/c1-7-14(20-6-10(21-7)15(16,17)18)27-8-2-3-26-9(13(8)25)5-19-11(22)4-12(23)24/h6,8-9,13,25H,2-5H2,1H3,(H,19,22)(H,23,24)/t8-,9-,13-/m1/s1. The van der Waals surface area contributed by atoms with Gasteiger partial charge in [-0.05, 0) is 6.92 Å². The van der Waals surface area contributed by atoms with Gasteiger partial charge in [0.25, 0.3) is 0 Å². The van der Waals surface area contributed by atoms with Crippen LogP contribution in [0.25, 0.3) is 0 Å². The highest BCUT2D eigenvalue weighted by molar-refractivity contribution is 5.93. The van der Waals surface area contributed by atoms with Gasteiger partial charge in [0.15, 0.2) is 5.69 Å². The molecule has 1 aromatic rings. The number of aliphatic hydroxyl groups excluding tert-OH is 1. The van der Waals surface area contributed by atoms with Crippen molar-refractivity contribution in [1.29, 1.82) is 0 Å². The topological polar surface area (TPSA) is 131 Å². The molecular weight excluding hydrogens is 375 g/mol. The number of hydrogen-bond acceptors (Lipinski definition) is 7. The first kappa shape index (κ1) is 20.8. The highest BCUT2D eigenvalue weighted by Gasteiger charge is 2.36. The zero-order chi connectivity index (χ0) is 20.2. The normalized spacial score (nSPS) is 22.9. The Bertz CT molecular complexity index is 700. The lowest BCUT2D eigenvalue weighted by molar-refractivity contribution is -0.144. The molecule has 0 unspecified atom stereocenters. The number of nitrogens with one attached hydrogen (secondary N) is 1. The minimum Gasteiger partial charge on any atom is -0.481 e. The number of carbonyl (C=O) groups excluding carboxylic acids is 1. The van der Waals surface area contributed by atoms with Crippen LogP contribution in [-0.4, -0.2) is 63.5 Å². The van der Waals surface area contributed by atoms with Crippen molar-refractivity contribution in [2.45, 2.75) is 44.3 Å². The molecule has 0 aliphatic carbocycles. The summed E-state index contributed by atoms with van der Waals surface area (Å²) in [7, 11) is 0. The van der Waals surface area contributed by atoms with Crippen LogP contribution in [0.3, 0.4) is 0 Å². The lowest BCUT2D eigenvalue weighted by atomic mass is 10.0. The maximum atomic E-state index is 12.6.